The van der Waals surface area contributed by atoms with Crippen molar-refractivity contribution in [2.45, 2.75) is 18.9 Å². The molecule has 0 spiro atoms. The summed E-state index contributed by atoms with van der Waals surface area (Å²) in [5.74, 6) is 0.150. The Morgan fingerprint density at radius 3 is 2.75 bits per heavy atom. The van der Waals surface area contributed by atoms with Crippen LogP contribution in [0.25, 0.3) is 0 Å². The Bertz CT molecular complexity index is 284. The average Bonchev–Trinajstić information content (AvgIpc) is 2.54. The minimum Gasteiger partial charge on any atom is -0.349 e. The van der Waals surface area contributed by atoms with Crippen LogP contribution in [0.1, 0.15) is 24.4 Å². The molecule has 1 N–H and O–H groups in total. The summed E-state index contributed by atoms with van der Waals surface area (Å²) in [6.45, 7) is 0. The van der Waals surface area contributed by atoms with Gasteiger partial charge >= 0.3 is 0 Å². The number of rotatable bonds is 1. The quantitative estimate of drug-likeness (QED) is 0.670. The molecule has 3 nitrogen and oxygen atoms in total. The van der Waals surface area contributed by atoms with E-state index in [1.807, 2.05) is 12.1 Å². The van der Waals surface area contributed by atoms with Gasteiger partial charge in [-0.3, -0.25) is 9.78 Å². The van der Waals surface area contributed by atoms with Crippen LogP contribution in [0.15, 0.2) is 24.5 Å². The molecular formula is C9H10N2O. The van der Waals surface area contributed by atoms with Crippen LogP contribution in [0.3, 0.4) is 0 Å². The lowest BCUT2D eigenvalue weighted by atomic mass is 10.1. The van der Waals surface area contributed by atoms with Gasteiger partial charge in [0.1, 0.15) is 0 Å². The van der Waals surface area contributed by atoms with Crippen molar-refractivity contribution < 1.29 is 4.79 Å². The predicted octanol–water partition coefficient (Wildman–Crippen LogP) is 1.03. The molecule has 2 heterocycles. The fraction of sp³-hybridized carbons (Fsp3) is 0.333. The van der Waals surface area contributed by atoms with Gasteiger partial charge in [0.05, 0.1) is 6.04 Å². The molecule has 0 radical (unpaired) electrons. The van der Waals surface area contributed by atoms with Gasteiger partial charge in [0, 0.05) is 18.8 Å². The van der Waals surface area contributed by atoms with Crippen molar-refractivity contribution in [2.24, 2.45) is 0 Å². The highest BCUT2D eigenvalue weighted by Crippen LogP contribution is 2.22. The highest BCUT2D eigenvalue weighted by Gasteiger charge is 2.21. The average molecular weight is 162 g/mol. The molecule has 1 amide bonds. The van der Waals surface area contributed by atoms with Crippen molar-refractivity contribution in [1.29, 1.82) is 0 Å². The van der Waals surface area contributed by atoms with Crippen molar-refractivity contribution >= 4 is 5.91 Å². The predicted molar refractivity (Wildman–Crippen MR) is 44.4 cm³/mol. The molecule has 0 bridgehead atoms. The first-order chi connectivity index (χ1) is 5.86. The fourth-order valence-electron chi connectivity index (χ4n) is 1.46. The second-order valence-electron chi connectivity index (χ2n) is 2.94. The maximum atomic E-state index is 10.9. The van der Waals surface area contributed by atoms with Gasteiger partial charge < -0.3 is 5.32 Å². The topological polar surface area (TPSA) is 42.0 Å². The fourth-order valence-corrected chi connectivity index (χ4v) is 1.46. The van der Waals surface area contributed by atoms with E-state index < -0.39 is 0 Å². The monoisotopic (exact) mass is 162 g/mol. The lowest BCUT2D eigenvalue weighted by Gasteiger charge is -2.08. The number of hydrogen-bond acceptors (Lipinski definition) is 2. The van der Waals surface area contributed by atoms with Crippen molar-refractivity contribution in [2.75, 3.05) is 0 Å². The van der Waals surface area contributed by atoms with Gasteiger partial charge in [-0.05, 0) is 24.1 Å². The molecule has 1 fully saturated rings. The van der Waals surface area contributed by atoms with E-state index in [2.05, 4.69) is 10.3 Å². The molecule has 1 aliphatic heterocycles. The summed E-state index contributed by atoms with van der Waals surface area (Å²) in [5, 5.41) is 2.90. The molecule has 12 heavy (non-hydrogen) atoms. The van der Waals surface area contributed by atoms with Gasteiger partial charge in [-0.1, -0.05) is 0 Å². The number of aromatic nitrogens is 1. The number of carbonyl (C=O) groups is 1. The van der Waals surface area contributed by atoms with E-state index in [0.29, 0.717) is 6.42 Å². The molecule has 2 rings (SSSR count). The third-order valence-corrected chi connectivity index (χ3v) is 2.10. The summed E-state index contributed by atoms with van der Waals surface area (Å²) in [4.78, 5) is 14.8. The number of pyridine rings is 1. The van der Waals surface area contributed by atoms with Gasteiger partial charge in [-0.25, -0.2) is 0 Å². The third kappa shape index (κ3) is 1.30. The molecule has 1 atom stereocenters. The second-order valence-corrected chi connectivity index (χ2v) is 2.94. The second kappa shape index (κ2) is 2.93. The standard InChI is InChI=1S/C9H10N2O/c12-9-2-1-8(11-9)7-3-5-10-6-4-7/h3-6,8H,1-2H2,(H,11,12). The third-order valence-electron chi connectivity index (χ3n) is 2.10. The van der Waals surface area contributed by atoms with E-state index >= 15 is 0 Å². The summed E-state index contributed by atoms with van der Waals surface area (Å²) in [6.07, 6.45) is 5.05. The van der Waals surface area contributed by atoms with Gasteiger partial charge in [-0.2, -0.15) is 0 Å². The largest absolute Gasteiger partial charge is 0.349 e. The molecule has 1 aromatic heterocycles. The van der Waals surface area contributed by atoms with Crippen LogP contribution >= 0.6 is 0 Å². The van der Waals surface area contributed by atoms with Crippen LogP contribution in [0.4, 0.5) is 0 Å². The normalized spacial score (nSPS) is 22.3. The SMILES string of the molecule is O=C1CCC(c2ccncc2)N1. The smallest absolute Gasteiger partial charge is 0.220 e. The summed E-state index contributed by atoms with van der Waals surface area (Å²) < 4.78 is 0. The lowest BCUT2D eigenvalue weighted by Crippen LogP contribution is -2.18. The van der Waals surface area contributed by atoms with E-state index in [1.54, 1.807) is 12.4 Å². The Kier molecular flexibility index (Phi) is 1.78. The van der Waals surface area contributed by atoms with Crippen LogP contribution in [0, 0.1) is 0 Å². The Morgan fingerprint density at radius 2 is 2.17 bits per heavy atom. The maximum Gasteiger partial charge on any atom is 0.220 e. The van der Waals surface area contributed by atoms with E-state index in [1.165, 1.54) is 0 Å². The van der Waals surface area contributed by atoms with E-state index in [9.17, 15) is 4.79 Å². The lowest BCUT2D eigenvalue weighted by molar-refractivity contribution is -0.119. The Morgan fingerprint density at radius 1 is 1.42 bits per heavy atom. The Labute approximate surface area is 70.8 Å². The number of hydrogen-bond donors (Lipinski definition) is 1. The van der Waals surface area contributed by atoms with Crippen molar-refractivity contribution in [3.8, 4) is 0 Å². The zero-order chi connectivity index (χ0) is 8.39. The van der Waals surface area contributed by atoms with E-state index in [-0.39, 0.29) is 11.9 Å². The van der Waals surface area contributed by atoms with Crippen LogP contribution < -0.4 is 5.32 Å². The van der Waals surface area contributed by atoms with Crippen LogP contribution in [-0.2, 0) is 4.79 Å². The zero-order valence-corrected chi connectivity index (χ0v) is 6.66. The van der Waals surface area contributed by atoms with Gasteiger partial charge in [0.2, 0.25) is 5.91 Å². The number of amides is 1. The summed E-state index contributed by atoms with van der Waals surface area (Å²) >= 11 is 0. The summed E-state index contributed by atoms with van der Waals surface area (Å²) in [7, 11) is 0. The van der Waals surface area contributed by atoms with Crippen molar-refractivity contribution in [3.05, 3.63) is 30.1 Å². The van der Waals surface area contributed by atoms with Crippen molar-refractivity contribution in [1.82, 2.24) is 10.3 Å². The number of nitrogens with zero attached hydrogens (tertiary/aromatic N) is 1. The number of carbonyl (C=O) groups excluding carboxylic acids is 1. The summed E-state index contributed by atoms with van der Waals surface area (Å²) in [5.41, 5.74) is 1.15. The molecule has 1 saturated heterocycles. The highest BCUT2D eigenvalue weighted by atomic mass is 16.1. The molecule has 3 heteroatoms. The van der Waals surface area contributed by atoms with Gasteiger partial charge in [0.25, 0.3) is 0 Å². The Hall–Kier alpha value is -1.38. The molecule has 1 aromatic rings. The molecule has 1 unspecified atom stereocenters. The molecular weight excluding hydrogens is 152 g/mol. The highest BCUT2D eigenvalue weighted by molar-refractivity contribution is 5.78. The maximum absolute atomic E-state index is 10.9. The van der Waals surface area contributed by atoms with Crippen LogP contribution in [-0.4, -0.2) is 10.9 Å². The van der Waals surface area contributed by atoms with E-state index in [0.717, 1.165) is 12.0 Å². The first-order valence-corrected chi connectivity index (χ1v) is 4.05. The molecule has 0 aromatic carbocycles. The minimum absolute atomic E-state index is 0.150. The first kappa shape index (κ1) is 7.28. The Balaban J connectivity index is 2.16. The zero-order valence-electron chi connectivity index (χ0n) is 6.66. The minimum atomic E-state index is 0.150. The first-order valence-electron chi connectivity index (χ1n) is 4.05. The molecule has 62 valence electrons. The molecule has 0 saturated carbocycles. The van der Waals surface area contributed by atoms with Gasteiger partial charge in [-0.15, -0.1) is 0 Å². The summed E-state index contributed by atoms with van der Waals surface area (Å²) in [6, 6.07) is 4.09. The number of nitrogens with one attached hydrogen (secondary N) is 1. The van der Waals surface area contributed by atoms with Crippen LogP contribution in [0.2, 0.25) is 0 Å². The van der Waals surface area contributed by atoms with Crippen molar-refractivity contribution in [3.63, 3.8) is 0 Å². The molecule has 1 aliphatic rings. The molecule has 0 aliphatic carbocycles. The van der Waals surface area contributed by atoms with Crippen LogP contribution in [0.5, 0.6) is 0 Å². The van der Waals surface area contributed by atoms with Gasteiger partial charge in [0.15, 0.2) is 0 Å². The van der Waals surface area contributed by atoms with E-state index in [4.69, 9.17) is 0 Å².